The van der Waals surface area contributed by atoms with Crippen LogP contribution >= 0.6 is 0 Å². The van der Waals surface area contributed by atoms with E-state index in [9.17, 15) is 4.79 Å². The highest BCUT2D eigenvalue weighted by molar-refractivity contribution is 5.81. The van der Waals surface area contributed by atoms with Crippen LogP contribution in [0.25, 0.3) is 39.8 Å². The number of aromatic nitrogens is 4. The fraction of sp³-hybridized carbons (Fsp3) is 0. The Morgan fingerprint density at radius 1 is 0.871 bits per heavy atom. The van der Waals surface area contributed by atoms with E-state index in [1.54, 1.807) is 41.1 Å². The van der Waals surface area contributed by atoms with E-state index in [1.807, 2.05) is 54.6 Å². The number of fused-ring (bicyclic) bond motifs is 2. The van der Waals surface area contributed by atoms with Crippen LogP contribution in [0.15, 0.2) is 83.8 Å². The van der Waals surface area contributed by atoms with Crippen molar-refractivity contribution in [2.75, 3.05) is 0 Å². The Balaban J connectivity index is 1.67. The van der Waals surface area contributed by atoms with Gasteiger partial charge in [0.2, 0.25) is 0 Å². The fourth-order valence-corrected chi connectivity index (χ4v) is 3.44. The Morgan fingerprint density at radius 3 is 2.55 bits per heavy atom. The Labute approximate surface area is 178 Å². The highest BCUT2D eigenvalue weighted by Gasteiger charge is 2.12. The first-order valence-electron chi connectivity index (χ1n) is 9.72. The molecule has 0 saturated carbocycles. The maximum absolute atomic E-state index is 13.3. The number of nitrogens with zero attached hydrogens (tertiary/aromatic N) is 4. The molecule has 5 heteroatoms. The van der Waals surface area contributed by atoms with E-state index < -0.39 is 0 Å². The summed E-state index contributed by atoms with van der Waals surface area (Å²) in [5, 5.41) is 1.52. The van der Waals surface area contributed by atoms with E-state index in [0.29, 0.717) is 22.5 Å². The fourth-order valence-electron chi connectivity index (χ4n) is 3.44. The van der Waals surface area contributed by atoms with Gasteiger partial charge in [0.15, 0.2) is 5.65 Å². The third-order valence-corrected chi connectivity index (χ3v) is 4.99. The van der Waals surface area contributed by atoms with Crippen LogP contribution in [0.3, 0.4) is 0 Å². The van der Waals surface area contributed by atoms with Crippen molar-refractivity contribution in [3.8, 4) is 18.0 Å². The van der Waals surface area contributed by atoms with E-state index in [4.69, 9.17) is 6.42 Å². The van der Waals surface area contributed by atoms with Gasteiger partial charge in [-0.15, -0.1) is 6.42 Å². The summed E-state index contributed by atoms with van der Waals surface area (Å²) in [6.07, 6.45) is 10.7. The second-order valence-electron chi connectivity index (χ2n) is 6.94. The van der Waals surface area contributed by atoms with Crippen LogP contribution in [-0.4, -0.2) is 19.5 Å². The van der Waals surface area contributed by atoms with Gasteiger partial charge in [0.25, 0.3) is 5.56 Å². The predicted molar refractivity (Wildman–Crippen MR) is 124 cm³/mol. The molecule has 0 saturated heterocycles. The molecule has 3 aromatic heterocycles. The second-order valence-corrected chi connectivity index (χ2v) is 6.94. The van der Waals surface area contributed by atoms with Gasteiger partial charge < -0.3 is 0 Å². The molecule has 0 atom stereocenters. The lowest BCUT2D eigenvalue weighted by Crippen LogP contribution is -2.22. The van der Waals surface area contributed by atoms with Crippen molar-refractivity contribution >= 4 is 34.1 Å². The zero-order valence-corrected chi connectivity index (χ0v) is 16.4. The van der Waals surface area contributed by atoms with Crippen LogP contribution in [0.1, 0.15) is 17.1 Å². The van der Waals surface area contributed by atoms with E-state index >= 15 is 0 Å². The van der Waals surface area contributed by atoms with E-state index in [2.05, 4.69) is 20.9 Å². The van der Waals surface area contributed by atoms with Gasteiger partial charge in [0.05, 0.1) is 22.3 Å². The van der Waals surface area contributed by atoms with E-state index in [-0.39, 0.29) is 5.56 Å². The van der Waals surface area contributed by atoms with Gasteiger partial charge in [0.1, 0.15) is 5.82 Å². The summed E-state index contributed by atoms with van der Waals surface area (Å²) < 4.78 is 1.56. The molecule has 2 aromatic carbocycles. The minimum absolute atomic E-state index is 0.197. The van der Waals surface area contributed by atoms with Crippen molar-refractivity contribution < 1.29 is 0 Å². The van der Waals surface area contributed by atoms with Crippen molar-refractivity contribution in [2.45, 2.75) is 0 Å². The van der Waals surface area contributed by atoms with Crippen LogP contribution in [0.4, 0.5) is 0 Å². The van der Waals surface area contributed by atoms with Crippen molar-refractivity contribution in [3.05, 3.63) is 106 Å². The standard InChI is InChI=1S/C26H16N4O/c1-2-18-9-14-21(15-10-18)30-24(29-25-22(26(30)31)7-5-17-27-25)16-13-20-12-11-19-6-3-4-8-23(19)28-20/h1,3-17H. The Kier molecular flexibility index (Phi) is 4.58. The van der Waals surface area contributed by atoms with Gasteiger partial charge in [0, 0.05) is 17.1 Å². The lowest BCUT2D eigenvalue weighted by molar-refractivity contribution is 0.937. The molecule has 31 heavy (non-hydrogen) atoms. The average molecular weight is 400 g/mol. The van der Waals surface area contributed by atoms with Crippen molar-refractivity contribution in [1.29, 1.82) is 0 Å². The lowest BCUT2D eigenvalue weighted by Gasteiger charge is -2.11. The van der Waals surface area contributed by atoms with E-state index in [1.165, 1.54) is 0 Å². The van der Waals surface area contributed by atoms with Crippen LogP contribution in [0, 0.1) is 12.3 Å². The molecule has 0 aliphatic carbocycles. The molecule has 0 aliphatic heterocycles. The average Bonchev–Trinajstić information content (AvgIpc) is 2.83. The molecule has 0 amide bonds. The van der Waals surface area contributed by atoms with Crippen molar-refractivity contribution in [1.82, 2.24) is 19.5 Å². The van der Waals surface area contributed by atoms with Crippen LogP contribution in [0.2, 0.25) is 0 Å². The third-order valence-electron chi connectivity index (χ3n) is 4.99. The Hall–Kier alpha value is -4.56. The first-order valence-corrected chi connectivity index (χ1v) is 9.72. The largest absolute Gasteiger partial charge is 0.268 e. The lowest BCUT2D eigenvalue weighted by atomic mass is 10.2. The molecule has 5 aromatic rings. The monoisotopic (exact) mass is 400 g/mol. The summed E-state index contributed by atoms with van der Waals surface area (Å²) in [4.78, 5) is 26.8. The molecule has 0 fully saturated rings. The molecule has 0 radical (unpaired) electrons. The number of hydrogen-bond acceptors (Lipinski definition) is 4. The van der Waals surface area contributed by atoms with Crippen molar-refractivity contribution in [3.63, 3.8) is 0 Å². The van der Waals surface area contributed by atoms with Gasteiger partial charge in [-0.25, -0.2) is 15.0 Å². The highest BCUT2D eigenvalue weighted by Crippen LogP contribution is 2.16. The number of terminal acetylenes is 1. The Morgan fingerprint density at radius 2 is 1.71 bits per heavy atom. The van der Waals surface area contributed by atoms with Crippen LogP contribution in [0.5, 0.6) is 0 Å². The minimum Gasteiger partial charge on any atom is -0.268 e. The van der Waals surface area contributed by atoms with Crippen LogP contribution < -0.4 is 5.56 Å². The number of pyridine rings is 2. The van der Waals surface area contributed by atoms with Crippen LogP contribution in [-0.2, 0) is 0 Å². The van der Waals surface area contributed by atoms with E-state index in [0.717, 1.165) is 22.2 Å². The molecule has 0 aliphatic rings. The summed E-state index contributed by atoms with van der Waals surface area (Å²) in [6.45, 7) is 0. The number of benzene rings is 2. The predicted octanol–water partition coefficient (Wildman–Crippen LogP) is 4.48. The second kappa shape index (κ2) is 7.69. The number of rotatable bonds is 3. The minimum atomic E-state index is -0.197. The quantitative estimate of drug-likeness (QED) is 0.419. The molecule has 0 spiro atoms. The SMILES string of the molecule is C#Cc1ccc(-n2c(C=Cc3ccc4ccccc4n3)nc3ncccc3c2=O)cc1. The van der Waals surface area contributed by atoms with Gasteiger partial charge >= 0.3 is 0 Å². The molecule has 0 bridgehead atoms. The topological polar surface area (TPSA) is 60.7 Å². The van der Waals surface area contributed by atoms with Crippen molar-refractivity contribution in [2.24, 2.45) is 0 Å². The molecular weight excluding hydrogens is 384 g/mol. The summed E-state index contributed by atoms with van der Waals surface area (Å²) >= 11 is 0. The zero-order chi connectivity index (χ0) is 21.2. The van der Waals surface area contributed by atoms with Gasteiger partial charge in [-0.05, 0) is 60.7 Å². The van der Waals surface area contributed by atoms with Gasteiger partial charge in [-0.2, -0.15) is 0 Å². The first kappa shape index (κ1) is 18.5. The molecule has 0 unspecified atom stereocenters. The smallest absolute Gasteiger partial charge is 0.267 e. The summed E-state index contributed by atoms with van der Waals surface area (Å²) in [6, 6.07) is 22.5. The number of para-hydroxylation sites is 1. The maximum Gasteiger partial charge on any atom is 0.267 e. The van der Waals surface area contributed by atoms with Gasteiger partial charge in [-0.1, -0.05) is 30.2 Å². The third kappa shape index (κ3) is 3.47. The summed E-state index contributed by atoms with van der Waals surface area (Å²) in [7, 11) is 0. The normalized spacial score (nSPS) is 11.2. The highest BCUT2D eigenvalue weighted by atomic mass is 16.1. The molecule has 3 heterocycles. The number of hydrogen-bond donors (Lipinski definition) is 0. The molecule has 5 nitrogen and oxygen atoms in total. The summed E-state index contributed by atoms with van der Waals surface area (Å²) in [5.41, 5.74) is 3.29. The molecule has 5 rings (SSSR count). The summed E-state index contributed by atoms with van der Waals surface area (Å²) in [5.74, 6) is 3.05. The Bertz CT molecular complexity index is 1560. The molecular formula is C26H16N4O. The zero-order valence-electron chi connectivity index (χ0n) is 16.4. The molecule has 0 N–H and O–H groups in total. The van der Waals surface area contributed by atoms with Gasteiger partial charge in [-0.3, -0.25) is 9.36 Å². The maximum atomic E-state index is 13.3. The first-order chi connectivity index (χ1) is 15.2. The molecule has 146 valence electrons.